The number of pyridine rings is 1. The van der Waals surface area contributed by atoms with Crippen LogP contribution in [-0.4, -0.2) is 62.7 Å². The molecule has 0 radical (unpaired) electrons. The van der Waals surface area contributed by atoms with E-state index in [1.54, 1.807) is 30.3 Å². The maximum absolute atomic E-state index is 13.8. The first-order valence-corrected chi connectivity index (χ1v) is 12.7. The Morgan fingerprint density at radius 3 is 2.54 bits per heavy atom. The molecule has 8 heteroatoms. The lowest BCUT2D eigenvalue weighted by Crippen LogP contribution is -2.34. The third-order valence-electron chi connectivity index (χ3n) is 6.34. The van der Waals surface area contributed by atoms with Gasteiger partial charge in [-0.15, -0.1) is 11.3 Å². The Labute approximate surface area is 209 Å². The van der Waals surface area contributed by atoms with Gasteiger partial charge in [-0.25, -0.2) is 4.98 Å². The van der Waals surface area contributed by atoms with Crippen LogP contribution in [0.3, 0.4) is 0 Å². The van der Waals surface area contributed by atoms with Crippen LogP contribution in [0.1, 0.15) is 47.2 Å². The number of benzene rings is 1. The van der Waals surface area contributed by atoms with Crippen molar-refractivity contribution in [3.05, 3.63) is 82.3 Å². The lowest BCUT2D eigenvalue weighted by molar-refractivity contribution is -0.129. The molecule has 0 aliphatic carbocycles. The molecular weight excluding hydrogens is 460 g/mol. The van der Waals surface area contributed by atoms with E-state index in [0.29, 0.717) is 22.7 Å². The first-order chi connectivity index (χ1) is 17.0. The molecular formula is C27H30N4O3S. The normalized spacial score (nSPS) is 15.9. The van der Waals surface area contributed by atoms with Gasteiger partial charge in [0, 0.05) is 24.5 Å². The highest BCUT2D eigenvalue weighted by atomic mass is 32.1. The number of ketones is 1. The molecule has 0 saturated carbocycles. The van der Waals surface area contributed by atoms with Crippen LogP contribution in [0.4, 0.5) is 0 Å². The highest BCUT2D eigenvalue weighted by Gasteiger charge is 2.44. The van der Waals surface area contributed by atoms with E-state index in [2.05, 4.69) is 28.7 Å². The first kappa shape index (κ1) is 24.8. The minimum Gasteiger partial charge on any atom is -0.503 e. The van der Waals surface area contributed by atoms with Crippen molar-refractivity contribution in [1.82, 2.24) is 19.8 Å². The Morgan fingerprint density at radius 1 is 1.14 bits per heavy atom. The molecule has 2 aromatic heterocycles. The zero-order valence-electron chi connectivity index (χ0n) is 20.3. The number of carbonyl (C=O) groups is 2. The quantitative estimate of drug-likeness (QED) is 0.410. The van der Waals surface area contributed by atoms with Crippen LogP contribution >= 0.6 is 11.3 Å². The highest BCUT2D eigenvalue weighted by molar-refractivity contribution is 7.17. The lowest BCUT2D eigenvalue weighted by atomic mass is 9.96. The molecule has 0 fully saturated rings. The van der Waals surface area contributed by atoms with Crippen LogP contribution in [0.15, 0.2) is 66.2 Å². The summed E-state index contributed by atoms with van der Waals surface area (Å²) in [6.45, 7) is 9.10. The van der Waals surface area contributed by atoms with Gasteiger partial charge in [-0.2, -0.15) is 0 Å². The summed E-state index contributed by atoms with van der Waals surface area (Å²) in [6, 6.07) is 12.6. The van der Waals surface area contributed by atoms with Crippen LogP contribution in [0.2, 0.25) is 0 Å². The fourth-order valence-electron chi connectivity index (χ4n) is 4.44. The fourth-order valence-corrected chi connectivity index (χ4v) is 5.46. The van der Waals surface area contributed by atoms with E-state index >= 15 is 0 Å². The Hall–Kier alpha value is -3.36. The Balaban J connectivity index is 1.68. The van der Waals surface area contributed by atoms with Gasteiger partial charge in [0.05, 0.1) is 22.2 Å². The van der Waals surface area contributed by atoms with Gasteiger partial charge in [-0.1, -0.05) is 50.2 Å². The minimum atomic E-state index is -0.693. The molecule has 1 aromatic carbocycles. The monoisotopic (exact) mass is 490 g/mol. The summed E-state index contributed by atoms with van der Waals surface area (Å²) in [4.78, 5) is 40.1. The number of carbonyl (C=O) groups excluding carboxylic acids is 2. The summed E-state index contributed by atoms with van der Waals surface area (Å²) in [5, 5.41) is 11.7. The predicted octanol–water partition coefficient (Wildman–Crippen LogP) is 4.82. The maximum atomic E-state index is 13.8. The molecule has 7 nitrogen and oxygen atoms in total. The predicted molar refractivity (Wildman–Crippen MR) is 137 cm³/mol. The van der Waals surface area contributed by atoms with Gasteiger partial charge < -0.3 is 14.9 Å². The number of thiazole rings is 1. The van der Waals surface area contributed by atoms with E-state index in [1.807, 2.05) is 36.4 Å². The van der Waals surface area contributed by atoms with E-state index in [4.69, 9.17) is 0 Å². The van der Waals surface area contributed by atoms with Crippen molar-refractivity contribution < 1.29 is 14.7 Å². The highest BCUT2D eigenvalue weighted by Crippen LogP contribution is 2.40. The molecule has 4 rings (SSSR count). The van der Waals surface area contributed by atoms with Crippen molar-refractivity contribution in [3.63, 3.8) is 0 Å². The first-order valence-electron chi connectivity index (χ1n) is 11.9. The molecule has 1 amide bonds. The molecule has 35 heavy (non-hydrogen) atoms. The van der Waals surface area contributed by atoms with Gasteiger partial charge in [0.25, 0.3) is 5.91 Å². The molecule has 1 aliphatic heterocycles. The number of hydrogen-bond donors (Lipinski definition) is 1. The molecule has 0 spiro atoms. The number of aryl methyl sites for hydroxylation is 1. The van der Waals surface area contributed by atoms with E-state index < -0.39 is 17.7 Å². The molecule has 1 atom stereocenters. The fraction of sp³-hybridized carbons (Fsp3) is 0.333. The van der Waals surface area contributed by atoms with Crippen LogP contribution in [0.25, 0.3) is 10.6 Å². The van der Waals surface area contributed by atoms with Crippen molar-refractivity contribution >= 4 is 23.0 Å². The Bertz CT molecular complexity index is 1220. The number of aliphatic hydroxyl groups excluding tert-OH is 1. The van der Waals surface area contributed by atoms with Crippen molar-refractivity contribution in [2.24, 2.45) is 0 Å². The van der Waals surface area contributed by atoms with Gasteiger partial charge >= 0.3 is 0 Å². The van der Waals surface area contributed by atoms with Crippen molar-refractivity contribution in [3.8, 4) is 10.6 Å². The van der Waals surface area contributed by atoms with E-state index in [1.165, 1.54) is 11.3 Å². The van der Waals surface area contributed by atoms with Crippen LogP contribution < -0.4 is 0 Å². The summed E-state index contributed by atoms with van der Waals surface area (Å²) >= 11 is 1.28. The van der Waals surface area contributed by atoms with Gasteiger partial charge in [0.2, 0.25) is 5.78 Å². The lowest BCUT2D eigenvalue weighted by Gasteiger charge is -2.27. The molecule has 0 saturated heterocycles. The zero-order valence-corrected chi connectivity index (χ0v) is 21.1. The number of rotatable bonds is 10. The van der Waals surface area contributed by atoms with Gasteiger partial charge in [0.1, 0.15) is 5.01 Å². The minimum absolute atomic E-state index is 0.0946. The molecule has 1 N–H and O–H groups in total. The maximum Gasteiger partial charge on any atom is 0.290 e. The van der Waals surface area contributed by atoms with E-state index in [0.717, 1.165) is 36.6 Å². The molecule has 182 valence electrons. The number of nitrogens with zero attached hydrogens (tertiary/aromatic N) is 4. The summed E-state index contributed by atoms with van der Waals surface area (Å²) in [5.41, 5.74) is 2.29. The summed E-state index contributed by atoms with van der Waals surface area (Å²) in [6.07, 6.45) is 4.03. The molecule has 1 aliphatic rings. The summed E-state index contributed by atoms with van der Waals surface area (Å²) in [7, 11) is 0. The van der Waals surface area contributed by atoms with E-state index in [-0.39, 0.29) is 11.4 Å². The van der Waals surface area contributed by atoms with Gasteiger partial charge in [-0.3, -0.25) is 14.6 Å². The largest absolute Gasteiger partial charge is 0.503 e. The second-order valence-electron chi connectivity index (χ2n) is 8.46. The number of aliphatic hydroxyl groups is 1. The third kappa shape index (κ3) is 5.04. The smallest absolute Gasteiger partial charge is 0.290 e. The van der Waals surface area contributed by atoms with Crippen molar-refractivity contribution in [2.45, 2.75) is 33.2 Å². The van der Waals surface area contributed by atoms with Crippen LogP contribution in [0, 0.1) is 6.92 Å². The SMILES string of the molecule is CCN(CC)CCCN1C(=O)C(O)=C(C(=O)c2sc(-c3ccccc3)nc2C)C1c1cccnc1. The third-order valence-corrected chi connectivity index (χ3v) is 7.55. The summed E-state index contributed by atoms with van der Waals surface area (Å²) in [5.74, 6) is -1.37. The molecule has 3 heterocycles. The topological polar surface area (TPSA) is 86.6 Å². The van der Waals surface area contributed by atoms with Gasteiger partial charge in [-0.05, 0) is 44.6 Å². The Kier molecular flexibility index (Phi) is 7.73. The zero-order chi connectivity index (χ0) is 24.9. The van der Waals surface area contributed by atoms with Crippen LogP contribution in [0.5, 0.6) is 0 Å². The second-order valence-corrected chi connectivity index (χ2v) is 9.46. The number of aromatic nitrogens is 2. The standard InChI is InChI=1S/C27H30N4O3S/c1-4-30(5-2)15-10-16-31-22(20-13-9-14-28-17-20)21(24(33)27(31)34)23(32)25-18(3)29-26(35-25)19-11-7-6-8-12-19/h6-9,11-14,17,22,33H,4-5,10,15-16H2,1-3H3. The average Bonchev–Trinajstić information content (AvgIpc) is 3.40. The second kappa shape index (κ2) is 10.9. The molecule has 1 unspecified atom stereocenters. The van der Waals surface area contributed by atoms with E-state index in [9.17, 15) is 14.7 Å². The van der Waals surface area contributed by atoms with Gasteiger partial charge in [0.15, 0.2) is 5.76 Å². The Morgan fingerprint density at radius 2 is 1.89 bits per heavy atom. The molecule has 3 aromatic rings. The van der Waals surface area contributed by atoms with Crippen molar-refractivity contribution in [1.29, 1.82) is 0 Å². The number of hydrogen-bond acceptors (Lipinski definition) is 7. The number of Topliss-reactive ketones (excluding diaryl/α,β-unsaturated/α-hetero) is 1. The van der Waals surface area contributed by atoms with Crippen molar-refractivity contribution in [2.75, 3.05) is 26.2 Å². The number of amides is 1. The summed E-state index contributed by atoms with van der Waals surface area (Å²) < 4.78 is 0. The van der Waals surface area contributed by atoms with Crippen LogP contribution in [-0.2, 0) is 4.79 Å². The molecule has 0 bridgehead atoms. The average molecular weight is 491 g/mol.